The first-order valence-corrected chi connectivity index (χ1v) is 5.25. The summed E-state index contributed by atoms with van der Waals surface area (Å²) in [6.45, 7) is 0.977. The predicted molar refractivity (Wildman–Crippen MR) is 58.9 cm³/mol. The average Bonchev–Trinajstić information content (AvgIpc) is 2.29. The average molecular weight is 212 g/mol. The molecule has 14 heavy (non-hydrogen) atoms. The highest BCUT2D eigenvalue weighted by Crippen LogP contribution is 2.36. The highest BCUT2D eigenvalue weighted by molar-refractivity contribution is 6.31. The van der Waals surface area contributed by atoms with E-state index in [1.54, 1.807) is 0 Å². The highest BCUT2D eigenvalue weighted by Gasteiger charge is 2.21. The zero-order chi connectivity index (χ0) is 10.1. The van der Waals surface area contributed by atoms with E-state index >= 15 is 0 Å². The normalized spacial score (nSPS) is 21.6. The first-order chi connectivity index (χ1) is 6.70. The van der Waals surface area contributed by atoms with Crippen LogP contribution < -0.4 is 4.90 Å². The van der Waals surface area contributed by atoms with Crippen LogP contribution in [0.1, 0.15) is 24.5 Å². The Kier molecular flexibility index (Phi) is 2.66. The van der Waals surface area contributed by atoms with Gasteiger partial charge in [0.15, 0.2) is 0 Å². The fourth-order valence-corrected chi connectivity index (χ4v) is 2.27. The van der Waals surface area contributed by atoms with Crippen molar-refractivity contribution in [1.29, 1.82) is 0 Å². The van der Waals surface area contributed by atoms with Crippen molar-refractivity contribution in [3.05, 3.63) is 28.8 Å². The van der Waals surface area contributed by atoms with Crippen LogP contribution in [0.3, 0.4) is 0 Å². The Balaban J connectivity index is 2.54. The molecule has 0 aromatic heterocycles. The summed E-state index contributed by atoms with van der Waals surface area (Å²) in [5, 5.41) is 10.6. The van der Waals surface area contributed by atoms with E-state index in [4.69, 9.17) is 11.6 Å². The number of hydrogen-bond acceptors (Lipinski definition) is 2. The summed E-state index contributed by atoms with van der Waals surface area (Å²) in [5.74, 6) is 0. The summed E-state index contributed by atoms with van der Waals surface area (Å²) >= 11 is 6.09. The maximum Gasteiger partial charge on any atom is 0.0825 e. The van der Waals surface area contributed by atoms with Gasteiger partial charge in [0.2, 0.25) is 0 Å². The van der Waals surface area contributed by atoms with Gasteiger partial charge in [0, 0.05) is 29.9 Å². The second-order valence-electron chi connectivity index (χ2n) is 3.75. The van der Waals surface area contributed by atoms with Gasteiger partial charge >= 0.3 is 0 Å². The van der Waals surface area contributed by atoms with E-state index in [1.807, 2.05) is 25.2 Å². The number of hydrogen-bond donors (Lipinski definition) is 1. The summed E-state index contributed by atoms with van der Waals surface area (Å²) in [4.78, 5) is 2.15. The Morgan fingerprint density at radius 3 is 3.07 bits per heavy atom. The third kappa shape index (κ3) is 1.60. The maximum absolute atomic E-state index is 9.93. The molecule has 0 saturated heterocycles. The minimum Gasteiger partial charge on any atom is -0.388 e. The van der Waals surface area contributed by atoms with Gasteiger partial charge in [-0.05, 0) is 25.0 Å². The number of benzene rings is 1. The molecule has 2 nitrogen and oxygen atoms in total. The largest absolute Gasteiger partial charge is 0.388 e. The van der Waals surface area contributed by atoms with Gasteiger partial charge in [-0.2, -0.15) is 0 Å². The van der Waals surface area contributed by atoms with Crippen molar-refractivity contribution in [2.24, 2.45) is 0 Å². The van der Waals surface area contributed by atoms with E-state index in [-0.39, 0.29) is 0 Å². The van der Waals surface area contributed by atoms with E-state index < -0.39 is 6.10 Å². The molecule has 1 aliphatic rings. The van der Waals surface area contributed by atoms with Crippen molar-refractivity contribution < 1.29 is 5.11 Å². The number of fused-ring (bicyclic) bond motifs is 1. The van der Waals surface area contributed by atoms with Crippen LogP contribution >= 0.6 is 11.6 Å². The lowest BCUT2D eigenvalue weighted by molar-refractivity contribution is 0.168. The molecule has 2 rings (SSSR count). The molecule has 1 aromatic carbocycles. The summed E-state index contributed by atoms with van der Waals surface area (Å²) in [5.41, 5.74) is 1.94. The van der Waals surface area contributed by atoms with Crippen LogP contribution in [0.2, 0.25) is 5.02 Å². The van der Waals surface area contributed by atoms with Crippen LogP contribution in [0.4, 0.5) is 5.69 Å². The molecule has 0 amide bonds. The van der Waals surface area contributed by atoms with Gasteiger partial charge < -0.3 is 10.0 Å². The third-order valence-electron chi connectivity index (χ3n) is 2.75. The van der Waals surface area contributed by atoms with Crippen molar-refractivity contribution in [1.82, 2.24) is 0 Å². The number of halogens is 1. The van der Waals surface area contributed by atoms with Crippen LogP contribution in [0.25, 0.3) is 0 Å². The zero-order valence-corrected chi connectivity index (χ0v) is 8.96. The molecular formula is C11H14ClNO. The number of aliphatic hydroxyl groups excluding tert-OH is 1. The Hall–Kier alpha value is -0.730. The molecule has 0 aliphatic carbocycles. The molecule has 1 atom stereocenters. The first kappa shape index (κ1) is 9.81. The van der Waals surface area contributed by atoms with Crippen molar-refractivity contribution in [3.63, 3.8) is 0 Å². The second kappa shape index (κ2) is 3.79. The van der Waals surface area contributed by atoms with Gasteiger partial charge in [0.05, 0.1) is 6.10 Å². The lowest BCUT2D eigenvalue weighted by atomic mass is 10.0. The van der Waals surface area contributed by atoms with E-state index in [9.17, 15) is 5.11 Å². The molecule has 0 radical (unpaired) electrons. The number of aliphatic hydroxyl groups is 1. The standard InChI is InChI=1S/C11H14ClNO/c1-13-7-3-6-10(14)11-8(12)4-2-5-9(11)13/h2,4-5,10,14H,3,6-7H2,1H3. The second-order valence-corrected chi connectivity index (χ2v) is 4.16. The van der Waals surface area contributed by atoms with Crippen molar-refractivity contribution in [2.75, 3.05) is 18.5 Å². The molecule has 1 heterocycles. The first-order valence-electron chi connectivity index (χ1n) is 4.88. The molecule has 3 heteroatoms. The van der Waals surface area contributed by atoms with Gasteiger partial charge in [-0.1, -0.05) is 17.7 Å². The number of rotatable bonds is 0. The Bertz CT molecular complexity index is 340. The summed E-state index contributed by atoms with van der Waals surface area (Å²) in [7, 11) is 2.03. The van der Waals surface area contributed by atoms with Crippen LogP contribution in [-0.4, -0.2) is 18.7 Å². The van der Waals surface area contributed by atoms with Crippen molar-refractivity contribution in [2.45, 2.75) is 18.9 Å². The van der Waals surface area contributed by atoms with Crippen molar-refractivity contribution in [3.8, 4) is 0 Å². The monoisotopic (exact) mass is 211 g/mol. The summed E-state index contributed by atoms with van der Waals surface area (Å²) < 4.78 is 0. The fraction of sp³-hybridized carbons (Fsp3) is 0.455. The van der Waals surface area contributed by atoms with E-state index in [2.05, 4.69) is 4.90 Å². The lowest BCUT2D eigenvalue weighted by Crippen LogP contribution is -2.17. The quantitative estimate of drug-likeness (QED) is 0.713. The molecule has 1 aromatic rings. The molecule has 1 N–H and O–H groups in total. The molecule has 0 fully saturated rings. The maximum atomic E-state index is 9.93. The van der Waals surface area contributed by atoms with Gasteiger partial charge in [0.1, 0.15) is 0 Å². The van der Waals surface area contributed by atoms with Crippen LogP contribution in [0, 0.1) is 0 Å². The SMILES string of the molecule is CN1CCCC(O)c2c(Cl)cccc21. The fourth-order valence-electron chi connectivity index (χ4n) is 1.97. The zero-order valence-electron chi connectivity index (χ0n) is 8.20. The third-order valence-corrected chi connectivity index (χ3v) is 3.08. The molecular weight excluding hydrogens is 198 g/mol. The predicted octanol–water partition coefficient (Wildman–Crippen LogP) is 2.60. The lowest BCUT2D eigenvalue weighted by Gasteiger charge is -2.20. The highest BCUT2D eigenvalue weighted by atomic mass is 35.5. The van der Waals surface area contributed by atoms with Crippen LogP contribution in [0.15, 0.2) is 18.2 Å². The molecule has 1 unspecified atom stereocenters. The van der Waals surface area contributed by atoms with Gasteiger partial charge in [-0.3, -0.25) is 0 Å². The Morgan fingerprint density at radius 1 is 1.50 bits per heavy atom. The number of anilines is 1. The van der Waals surface area contributed by atoms with E-state index in [0.717, 1.165) is 30.6 Å². The molecule has 0 spiro atoms. The van der Waals surface area contributed by atoms with E-state index in [0.29, 0.717) is 5.02 Å². The van der Waals surface area contributed by atoms with E-state index in [1.165, 1.54) is 0 Å². The molecule has 1 aliphatic heterocycles. The Labute approximate surface area is 89.1 Å². The Morgan fingerprint density at radius 2 is 2.29 bits per heavy atom. The number of nitrogens with zero attached hydrogens (tertiary/aromatic N) is 1. The summed E-state index contributed by atoms with van der Waals surface area (Å²) in [6, 6.07) is 5.77. The van der Waals surface area contributed by atoms with Gasteiger partial charge in [-0.25, -0.2) is 0 Å². The smallest absolute Gasteiger partial charge is 0.0825 e. The van der Waals surface area contributed by atoms with Gasteiger partial charge in [0.25, 0.3) is 0 Å². The molecule has 0 saturated carbocycles. The van der Waals surface area contributed by atoms with Crippen LogP contribution in [-0.2, 0) is 0 Å². The van der Waals surface area contributed by atoms with Gasteiger partial charge in [-0.15, -0.1) is 0 Å². The van der Waals surface area contributed by atoms with Crippen molar-refractivity contribution >= 4 is 17.3 Å². The molecule has 0 bridgehead atoms. The molecule has 76 valence electrons. The van der Waals surface area contributed by atoms with Crippen LogP contribution in [0.5, 0.6) is 0 Å². The topological polar surface area (TPSA) is 23.5 Å². The summed E-state index contributed by atoms with van der Waals surface area (Å²) in [6.07, 6.45) is 1.38. The minimum atomic E-state index is -0.413. The minimum absolute atomic E-state index is 0.413.